The molecule has 1 atom stereocenters. The van der Waals surface area contributed by atoms with Crippen LogP contribution in [0.4, 0.5) is 0 Å². The Bertz CT molecular complexity index is 750. The second-order valence-electron chi connectivity index (χ2n) is 6.95. The number of carbonyl (C=O) groups excluding carboxylic acids is 2. The predicted molar refractivity (Wildman–Crippen MR) is 103 cm³/mol. The SMILES string of the molecule is CCOc1ccc(C(=O)O[C@H](C)C(=O)N(C)C2(C#N)CCCCC2)cc1OC. The standard InChI is InChI=1S/C21H28N2O5/c1-5-27-17-10-9-16(13-18(17)26-4)20(25)28-15(2)19(24)23(3)21(14-22)11-7-6-8-12-21/h9-10,13,15H,5-8,11-12H2,1-4H3/t15-/m1/s1. The summed E-state index contributed by atoms with van der Waals surface area (Å²) in [6, 6.07) is 7.02. The van der Waals surface area contributed by atoms with Crippen molar-refractivity contribution in [2.75, 3.05) is 20.8 Å². The largest absolute Gasteiger partial charge is 0.493 e. The Morgan fingerprint density at radius 3 is 2.50 bits per heavy atom. The molecule has 1 saturated carbocycles. The zero-order valence-corrected chi connectivity index (χ0v) is 17.0. The van der Waals surface area contributed by atoms with Gasteiger partial charge in [0.05, 0.1) is 25.3 Å². The van der Waals surface area contributed by atoms with Gasteiger partial charge < -0.3 is 19.1 Å². The summed E-state index contributed by atoms with van der Waals surface area (Å²) in [4.78, 5) is 26.7. The van der Waals surface area contributed by atoms with Crippen LogP contribution in [0.5, 0.6) is 11.5 Å². The molecule has 0 aliphatic heterocycles. The maximum absolute atomic E-state index is 12.8. The van der Waals surface area contributed by atoms with E-state index in [0.29, 0.717) is 30.9 Å². The highest BCUT2D eigenvalue weighted by Crippen LogP contribution is 2.33. The van der Waals surface area contributed by atoms with Crippen molar-refractivity contribution in [1.82, 2.24) is 4.90 Å². The lowest BCUT2D eigenvalue weighted by Crippen LogP contribution is -2.53. The van der Waals surface area contributed by atoms with Crippen LogP contribution in [0.1, 0.15) is 56.3 Å². The number of likely N-dealkylation sites (N-methyl/N-ethyl adjacent to an activating group) is 1. The highest BCUT2D eigenvalue weighted by molar-refractivity contribution is 5.93. The van der Waals surface area contributed by atoms with Gasteiger partial charge in [-0.2, -0.15) is 5.26 Å². The Morgan fingerprint density at radius 1 is 1.25 bits per heavy atom. The average molecular weight is 388 g/mol. The lowest BCUT2D eigenvalue weighted by atomic mass is 9.81. The summed E-state index contributed by atoms with van der Waals surface area (Å²) in [5.74, 6) is -0.0725. The van der Waals surface area contributed by atoms with E-state index in [1.807, 2.05) is 6.92 Å². The first kappa shape index (κ1) is 21.5. The van der Waals surface area contributed by atoms with E-state index in [1.54, 1.807) is 19.2 Å². The molecular weight excluding hydrogens is 360 g/mol. The summed E-state index contributed by atoms with van der Waals surface area (Å²) in [6.45, 7) is 3.85. The number of rotatable bonds is 7. The zero-order valence-electron chi connectivity index (χ0n) is 17.0. The summed E-state index contributed by atoms with van der Waals surface area (Å²) in [5.41, 5.74) is -0.562. The fourth-order valence-corrected chi connectivity index (χ4v) is 3.49. The fraction of sp³-hybridized carbons (Fsp3) is 0.571. The summed E-state index contributed by atoms with van der Waals surface area (Å²) in [6.07, 6.45) is 3.17. The number of esters is 1. The van der Waals surface area contributed by atoms with E-state index in [0.717, 1.165) is 19.3 Å². The molecule has 1 aliphatic rings. The van der Waals surface area contributed by atoms with Gasteiger partial charge in [0.15, 0.2) is 17.6 Å². The minimum absolute atomic E-state index is 0.260. The number of carbonyl (C=O) groups is 2. The van der Waals surface area contributed by atoms with Crippen LogP contribution in [0.3, 0.4) is 0 Å². The van der Waals surface area contributed by atoms with Crippen LogP contribution in [0, 0.1) is 11.3 Å². The highest BCUT2D eigenvalue weighted by Gasteiger charge is 2.40. The minimum Gasteiger partial charge on any atom is -0.493 e. The molecule has 28 heavy (non-hydrogen) atoms. The molecular formula is C21H28N2O5. The topological polar surface area (TPSA) is 88.9 Å². The number of hydrogen-bond acceptors (Lipinski definition) is 6. The molecule has 1 amide bonds. The van der Waals surface area contributed by atoms with Crippen molar-refractivity contribution >= 4 is 11.9 Å². The van der Waals surface area contributed by atoms with E-state index in [2.05, 4.69) is 6.07 Å². The molecule has 0 radical (unpaired) electrons. The Kier molecular flexibility index (Phi) is 7.27. The number of amides is 1. The van der Waals surface area contributed by atoms with E-state index in [1.165, 1.54) is 25.0 Å². The van der Waals surface area contributed by atoms with Gasteiger partial charge in [-0.1, -0.05) is 19.3 Å². The molecule has 7 nitrogen and oxygen atoms in total. The first-order valence-corrected chi connectivity index (χ1v) is 9.59. The molecule has 1 aromatic rings. The summed E-state index contributed by atoms with van der Waals surface area (Å²) in [7, 11) is 3.10. The number of hydrogen-bond donors (Lipinski definition) is 0. The molecule has 0 N–H and O–H groups in total. The van der Waals surface area contributed by atoms with Crippen LogP contribution in [0.2, 0.25) is 0 Å². The first-order valence-electron chi connectivity index (χ1n) is 9.59. The van der Waals surface area contributed by atoms with E-state index >= 15 is 0 Å². The quantitative estimate of drug-likeness (QED) is 0.666. The third kappa shape index (κ3) is 4.56. The predicted octanol–water partition coefficient (Wildman–Crippen LogP) is 3.32. The van der Waals surface area contributed by atoms with E-state index in [-0.39, 0.29) is 11.5 Å². The van der Waals surface area contributed by atoms with Crippen molar-refractivity contribution in [3.05, 3.63) is 23.8 Å². The molecule has 0 heterocycles. The Hall–Kier alpha value is -2.75. The zero-order chi connectivity index (χ0) is 20.7. The number of ether oxygens (including phenoxy) is 3. The molecule has 1 aliphatic carbocycles. The molecule has 1 fully saturated rings. The van der Waals surface area contributed by atoms with Gasteiger partial charge in [-0.3, -0.25) is 4.79 Å². The molecule has 2 rings (SSSR count). The Morgan fingerprint density at radius 2 is 1.93 bits per heavy atom. The van der Waals surface area contributed by atoms with Gasteiger partial charge in [0, 0.05) is 7.05 Å². The van der Waals surface area contributed by atoms with Crippen molar-refractivity contribution in [3.63, 3.8) is 0 Å². The van der Waals surface area contributed by atoms with Crippen LogP contribution >= 0.6 is 0 Å². The Labute approximate surface area is 166 Å². The lowest BCUT2D eigenvalue weighted by Gasteiger charge is -2.39. The normalized spacial score (nSPS) is 16.4. The second kappa shape index (κ2) is 9.45. The average Bonchev–Trinajstić information content (AvgIpc) is 2.73. The van der Waals surface area contributed by atoms with Crippen LogP contribution in [0.25, 0.3) is 0 Å². The molecule has 0 spiro atoms. The monoisotopic (exact) mass is 388 g/mol. The third-order valence-electron chi connectivity index (χ3n) is 5.19. The smallest absolute Gasteiger partial charge is 0.339 e. The van der Waals surface area contributed by atoms with Crippen LogP contribution in [-0.2, 0) is 9.53 Å². The van der Waals surface area contributed by atoms with Gasteiger partial charge in [-0.25, -0.2) is 4.79 Å². The van der Waals surface area contributed by atoms with Crippen LogP contribution in [0.15, 0.2) is 18.2 Å². The van der Waals surface area contributed by atoms with Gasteiger partial charge in [0.2, 0.25) is 0 Å². The van der Waals surface area contributed by atoms with Gasteiger partial charge in [0.1, 0.15) is 5.54 Å². The fourth-order valence-electron chi connectivity index (χ4n) is 3.49. The number of nitriles is 1. The molecule has 1 aromatic carbocycles. The van der Waals surface area contributed by atoms with E-state index in [9.17, 15) is 14.9 Å². The molecule has 0 saturated heterocycles. The van der Waals surface area contributed by atoms with Gasteiger partial charge in [-0.15, -0.1) is 0 Å². The molecule has 7 heteroatoms. The maximum atomic E-state index is 12.8. The van der Waals surface area contributed by atoms with Gasteiger partial charge in [0.25, 0.3) is 5.91 Å². The van der Waals surface area contributed by atoms with Crippen LogP contribution in [-0.4, -0.2) is 49.2 Å². The summed E-state index contributed by atoms with van der Waals surface area (Å²) in [5, 5.41) is 9.65. The van der Waals surface area contributed by atoms with Crippen molar-refractivity contribution in [3.8, 4) is 17.6 Å². The van der Waals surface area contributed by atoms with Crippen molar-refractivity contribution in [2.45, 2.75) is 57.6 Å². The van der Waals surface area contributed by atoms with E-state index in [4.69, 9.17) is 14.2 Å². The van der Waals surface area contributed by atoms with Crippen molar-refractivity contribution < 1.29 is 23.8 Å². The number of methoxy groups -OCH3 is 1. The summed E-state index contributed by atoms with van der Waals surface area (Å²) < 4.78 is 16.0. The number of benzene rings is 1. The lowest BCUT2D eigenvalue weighted by molar-refractivity contribution is -0.143. The van der Waals surface area contributed by atoms with Gasteiger partial charge >= 0.3 is 5.97 Å². The minimum atomic E-state index is -0.998. The Balaban J connectivity index is 2.09. The molecule has 0 unspecified atom stereocenters. The van der Waals surface area contributed by atoms with Crippen molar-refractivity contribution in [1.29, 1.82) is 5.26 Å². The van der Waals surface area contributed by atoms with Gasteiger partial charge in [-0.05, 0) is 44.9 Å². The second-order valence-corrected chi connectivity index (χ2v) is 6.95. The first-order chi connectivity index (χ1) is 13.4. The van der Waals surface area contributed by atoms with Crippen molar-refractivity contribution in [2.24, 2.45) is 0 Å². The molecule has 0 aromatic heterocycles. The molecule has 0 bridgehead atoms. The van der Waals surface area contributed by atoms with E-state index < -0.39 is 17.6 Å². The van der Waals surface area contributed by atoms with Crippen LogP contribution < -0.4 is 9.47 Å². The maximum Gasteiger partial charge on any atom is 0.339 e. The number of nitrogens with zero attached hydrogens (tertiary/aromatic N) is 2. The summed E-state index contributed by atoms with van der Waals surface area (Å²) >= 11 is 0. The third-order valence-corrected chi connectivity index (χ3v) is 5.19. The molecule has 152 valence electrons. The highest BCUT2D eigenvalue weighted by atomic mass is 16.5.